The van der Waals surface area contributed by atoms with E-state index < -0.39 is 0 Å². The minimum atomic E-state index is -0.0169. The third-order valence-electron chi connectivity index (χ3n) is 4.34. The van der Waals surface area contributed by atoms with Crippen molar-refractivity contribution in [3.63, 3.8) is 0 Å². The number of hydrogen-bond acceptors (Lipinski definition) is 6. The molecule has 2 aromatic rings. The maximum atomic E-state index is 11.4. The van der Waals surface area contributed by atoms with Gasteiger partial charge in [-0.05, 0) is 25.8 Å². The lowest BCUT2D eigenvalue weighted by molar-refractivity contribution is 0.101. The van der Waals surface area contributed by atoms with Crippen LogP contribution in [0.4, 0.5) is 5.95 Å². The average Bonchev–Trinajstić information content (AvgIpc) is 2.94. The molecule has 0 amide bonds. The lowest BCUT2D eigenvalue weighted by atomic mass is 10.2. The molecular weight excluding hydrogens is 316 g/mol. The minimum absolute atomic E-state index is 0.0169. The minimum Gasteiger partial charge on any atom is -0.348 e. The molecule has 1 N–H and O–H groups in total. The summed E-state index contributed by atoms with van der Waals surface area (Å²) in [6.45, 7) is 12.5. The molecule has 0 bridgehead atoms. The van der Waals surface area contributed by atoms with Crippen molar-refractivity contribution in [2.45, 2.75) is 47.3 Å². The Morgan fingerprint density at radius 1 is 1.36 bits per heavy atom. The Morgan fingerprint density at radius 3 is 2.84 bits per heavy atom. The highest BCUT2D eigenvalue weighted by Gasteiger charge is 2.19. The van der Waals surface area contributed by atoms with E-state index >= 15 is 0 Å². The van der Waals surface area contributed by atoms with Crippen LogP contribution in [0.5, 0.6) is 0 Å². The van der Waals surface area contributed by atoms with Gasteiger partial charge in [0.25, 0.3) is 0 Å². The van der Waals surface area contributed by atoms with Crippen LogP contribution in [0.3, 0.4) is 0 Å². The summed E-state index contributed by atoms with van der Waals surface area (Å²) in [5.74, 6) is 1.18. The van der Waals surface area contributed by atoms with Gasteiger partial charge in [-0.25, -0.2) is 9.97 Å². The van der Waals surface area contributed by atoms with E-state index in [-0.39, 0.29) is 5.78 Å². The summed E-state index contributed by atoms with van der Waals surface area (Å²) in [4.78, 5) is 22.5. The van der Waals surface area contributed by atoms with E-state index in [1.807, 2.05) is 6.92 Å². The van der Waals surface area contributed by atoms with Crippen molar-refractivity contribution in [3.05, 3.63) is 34.9 Å². The van der Waals surface area contributed by atoms with E-state index in [1.54, 1.807) is 6.20 Å². The van der Waals surface area contributed by atoms with Crippen molar-refractivity contribution in [3.8, 4) is 0 Å². The first-order valence-corrected chi connectivity index (χ1v) is 8.78. The van der Waals surface area contributed by atoms with Gasteiger partial charge < -0.3 is 5.32 Å². The molecule has 0 saturated carbocycles. The summed E-state index contributed by atoms with van der Waals surface area (Å²) in [6, 6.07) is 2.15. The number of fused-ring (bicyclic) bond motifs is 1. The summed E-state index contributed by atoms with van der Waals surface area (Å²) in [6.07, 6.45) is 1.58. The van der Waals surface area contributed by atoms with Gasteiger partial charge in [0.1, 0.15) is 0 Å². The molecule has 0 atom stereocenters. The average molecular weight is 342 g/mol. The zero-order chi connectivity index (χ0) is 18.0. The maximum absolute atomic E-state index is 11.4. The van der Waals surface area contributed by atoms with Gasteiger partial charge in [0, 0.05) is 25.8 Å². The van der Waals surface area contributed by atoms with Crippen LogP contribution in [0, 0.1) is 12.8 Å². The molecule has 0 aliphatic carbocycles. The molecule has 3 heterocycles. The number of carbonyl (C=O) groups excluding carboxylic acids is 1. The summed E-state index contributed by atoms with van der Waals surface area (Å²) in [7, 11) is 0. The molecule has 0 spiro atoms. The van der Waals surface area contributed by atoms with Gasteiger partial charge in [-0.3, -0.25) is 14.4 Å². The zero-order valence-corrected chi connectivity index (χ0v) is 15.4. The van der Waals surface area contributed by atoms with Gasteiger partial charge in [0.2, 0.25) is 5.95 Å². The number of aromatic nitrogens is 4. The van der Waals surface area contributed by atoms with Crippen LogP contribution < -0.4 is 5.32 Å². The van der Waals surface area contributed by atoms with E-state index in [1.165, 1.54) is 12.6 Å². The number of carbonyl (C=O) groups is 1. The molecule has 0 radical (unpaired) electrons. The Hall–Kier alpha value is -2.28. The smallest absolute Gasteiger partial charge is 0.223 e. The summed E-state index contributed by atoms with van der Waals surface area (Å²) < 4.78 is 2.10. The van der Waals surface area contributed by atoms with Crippen LogP contribution in [-0.2, 0) is 19.6 Å². The molecule has 25 heavy (non-hydrogen) atoms. The number of aryl methyl sites for hydroxylation is 1. The molecule has 134 valence electrons. The molecule has 0 unspecified atom stereocenters. The lowest BCUT2D eigenvalue weighted by Gasteiger charge is -2.28. The van der Waals surface area contributed by atoms with Gasteiger partial charge in [-0.2, -0.15) is 5.10 Å². The molecule has 0 fully saturated rings. The summed E-state index contributed by atoms with van der Waals surface area (Å²) in [5.41, 5.74) is 3.50. The molecule has 0 saturated heterocycles. The zero-order valence-electron chi connectivity index (χ0n) is 15.4. The fraction of sp³-hybridized carbons (Fsp3) is 0.556. The molecule has 0 aromatic carbocycles. The summed E-state index contributed by atoms with van der Waals surface area (Å²) >= 11 is 0. The third kappa shape index (κ3) is 4.22. The second-order valence-corrected chi connectivity index (χ2v) is 7.08. The van der Waals surface area contributed by atoms with E-state index in [9.17, 15) is 4.79 Å². The number of nitrogens with one attached hydrogen (secondary N) is 1. The standard InChI is InChI=1S/C18H26N6O/c1-12(2)10-23-5-6-24-16(11-23)7-15(22-24)8-19-18-20-9-17(14(4)25)13(3)21-18/h7,9,12H,5-6,8,10-11H2,1-4H3,(H,19,20,21). The summed E-state index contributed by atoms with van der Waals surface area (Å²) in [5, 5.41) is 7.86. The van der Waals surface area contributed by atoms with Crippen LogP contribution in [0.2, 0.25) is 0 Å². The number of rotatable bonds is 6. The predicted octanol–water partition coefficient (Wildman–Crippen LogP) is 2.27. The number of anilines is 1. The molecule has 1 aliphatic heterocycles. The predicted molar refractivity (Wildman–Crippen MR) is 96.4 cm³/mol. The SMILES string of the molecule is CC(=O)c1cnc(NCc2cc3n(n2)CCN(CC(C)C)C3)nc1C. The maximum Gasteiger partial charge on any atom is 0.223 e. The van der Waals surface area contributed by atoms with Gasteiger partial charge in [-0.15, -0.1) is 0 Å². The van der Waals surface area contributed by atoms with E-state index in [0.717, 1.165) is 31.9 Å². The second kappa shape index (κ2) is 7.31. The molecule has 7 nitrogen and oxygen atoms in total. The lowest BCUT2D eigenvalue weighted by Crippen LogP contribution is -2.36. The van der Waals surface area contributed by atoms with Crippen LogP contribution in [0.15, 0.2) is 12.3 Å². The fourth-order valence-corrected chi connectivity index (χ4v) is 3.21. The van der Waals surface area contributed by atoms with Gasteiger partial charge in [-0.1, -0.05) is 13.8 Å². The molecule has 7 heteroatoms. The number of ketones is 1. The molecule has 2 aromatic heterocycles. The first kappa shape index (κ1) is 17.5. The number of nitrogens with zero attached hydrogens (tertiary/aromatic N) is 5. The van der Waals surface area contributed by atoms with E-state index in [0.29, 0.717) is 29.7 Å². The second-order valence-electron chi connectivity index (χ2n) is 7.08. The Balaban J connectivity index is 1.63. The molecule has 1 aliphatic rings. The Bertz CT molecular complexity index is 767. The highest BCUT2D eigenvalue weighted by atomic mass is 16.1. The normalized spacial score (nSPS) is 14.6. The Kier molecular flexibility index (Phi) is 5.13. The van der Waals surface area contributed by atoms with Crippen molar-refractivity contribution >= 4 is 11.7 Å². The molecular formula is C18H26N6O. The van der Waals surface area contributed by atoms with Crippen molar-refractivity contribution in [1.82, 2.24) is 24.6 Å². The Morgan fingerprint density at radius 2 is 2.16 bits per heavy atom. The molecule has 3 rings (SSSR count). The van der Waals surface area contributed by atoms with Crippen LogP contribution in [0.1, 0.15) is 48.2 Å². The highest BCUT2D eigenvalue weighted by Crippen LogP contribution is 2.16. The monoisotopic (exact) mass is 342 g/mol. The van der Waals surface area contributed by atoms with E-state index in [2.05, 4.69) is 49.9 Å². The van der Waals surface area contributed by atoms with Gasteiger partial charge >= 0.3 is 0 Å². The number of Topliss-reactive ketones (excluding diaryl/α,β-unsaturated/α-hetero) is 1. The van der Waals surface area contributed by atoms with Crippen molar-refractivity contribution in [1.29, 1.82) is 0 Å². The fourth-order valence-electron chi connectivity index (χ4n) is 3.21. The van der Waals surface area contributed by atoms with Crippen molar-refractivity contribution in [2.75, 3.05) is 18.4 Å². The van der Waals surface area contributed by atoms with Gasteiger partial charge in [0.05, 0.1) is 35.7 Å². The highest BCUT2D eigenvalue weighted by molar-refractivity contribution is 5.94. The van der Waals surface area contributed by atoms with Crippen molar-refractivity contribution in [2.24, 2.45) is 5.92 Å². The third-order valence-corrected chi connectivity index (χ3v) is 4.34. The first-order chi connectivity index (χ1) is 11.9. The van der Waals surface area contributed by atoms with Crippen LogP contribution in [-0.4, -0.2) is 43.5 Å². The topological polar surface area (TPSA) is 75.9 Å². The van der Waals surface area contributed by atoms with Crippen molar-refractivity contribution < 1.29 is 4.79 Å². The van der Waals surface area contributed by atoms with Gasteiger partial charge in [0.15, 0.2) is 5.78 Å². The Labute approximate surface area is 148 Å². The van der Waals surface area contributed by atoms with E-state index in [4.69, 9.17) is 0 Å². The number of hydrogen-bond donors (Lipinski definition) is 1. The quantitative estimate of drug-likeness (QED) is 0.812. The van der Waals surface area contributed by atoms with Crippen LogP contribution >= 0.6 is 0 Å². The van der Waals surface area contributed by atoms with Crippen LogP contribution in [0.25, 0.3) is 0 Å². The first-order valence-electron chi connectivity index (χ1n) is 8.78. The largest absolute Gasteiger partial charge is 0.348 e.